The molecule has 1 aromatic heterocycles. The largest absolute Gasteiger partial charge is 0.467 e. The van der Waals surface area contributed by atoms with Crippen LogP contribution in [0.2, 0.25) is 0 Å². The number of hydrogen-bond acceptors (Lipinski definition) is 7. The number of piperazine rings is 1. The Balaban J connectivity index is 1.28. The van der Waals surface area contributed by atoms with E-state index in [4.69, 9.17) is 13.9 Å². The third-order valence-electron chi connectivity index (χ3n) is 8.35. The molecule has 6 heterocycles. The number of ether oxygens (including phenoxy) is 2. The maximum atomic E-state index is 14.0. The van der Waals surface area contributed by atoms with Gasteiger partial charge in [0.25, 0.3) is 0 Å². The van der Waals surface area contributed by atoms with Gasteiger partial charge in [0, 0.05) is 38.5 Å². The van der Waals surface area contributed by atoms with Crippen molar-refractivity contribution in [3.05, 3.63) is 36.3 Å². The summed E-state index contributed by atoms with van der Waals surface area (Å²) >= 11 is 0. The van der Waals surface area contributed by atoms with Crippen LogP contribution in [0.25, 0.3) is 0 Å². The van der Waals surface area contributed by atoms with Gasteiger partial charge in [-0.2, -0.15) is 0 Å². The van der Waals surface area contributed by atoms with Crippen LogP contribution < -0.4 is 0 Å². The second-order valence-corrected chi connectivity index (χ2v) is 9.99. The highest BCUT2D eigenvalue weighted by Crippen LogP contribution is 2.60. The number of carbonyl (C=O) groups is 4. The molecule has 186 valence electrons. The molecule has 0 N–H and O–H groups in total. The molecule has 0 unspecified atom stereocenters. The fourth-order valence-corrected chi connectivity index (χ4v) is 6.78. The Morgan fingerprint density at radius 1 is 1.17 bits per heavy atom. The molecular weight excluding hydrogens is 454 g/mol. The molecule has 7 atom stereocenters. The first-order valence-electron chi connectivity index (χ1n) is 12.3. The molecule has 10 nitrogen and oxygen atoms in total. The smallest absolute Gasteiger partial charge is 0.409 e. The molecule has 6 rings (SSSR count). The lowest BCUT2D eigenvalue weighted by Gasteiger charge is -2.43. The molecule has 10 heteroatoms. The van der Waals surface area contributed by atoms with Crippen molar-refractivity contribution in [3.63, 3.8) is 0 Å². The predicted molar refractivity (Wildman–Crippen MR) is 120 cm³/mol. The lowest BCUT2D eigenvalue weighted by Crippen LogP contribution is -2.55. The van der Waals surface area contributed by atoms with Crippen LogP contribution in [0, 0.1) is 17.8 Å². The summed E-state index contributed by atoms with van der Waals surface area (Å²) in [6.45, 7) is 5.40. The molecule has 4 fully saturated rings. The van der Waals surface area contributed by atoms with E-state index >= 15 is 0 Å². The topological polar surface area (TPSA) is 110 Å². The molecule has 1 spiro atoms. The minimum atomic E-state index is -1.00. The minimum absolute atomic E-state index is 0.0563. The van der Waals surface area contributed by atoms with Gasteiger partial charge in [-0.3, -0.25) is 14.4 Å². The zero-order valence-corrected chi connectivity index (χ0v) is 19.8. The Bertz CT molecular complexity index is 1090. The summed E-state index contributed by atoms with van der Waals surface area (Å²) in [6.07, 6.45) is 4.61. The first-order chi connectivity index (χ1) is 16.9. The highest BCUT2D eigenvalue weighted by Gasteiger charge is 2.74. The van der Waals surface area contributed by atoms with Gasteiger partial charge in [0.2, 0.25) is 11.8 Å². The first kappa shape index (κ1) is 22.3. The molecule has 0 radical (unpaired) electrons. The third kappa shape index (κ3) is 3.05. The summed E-state index contributed by atoms with van der Waals surface area (Å²) in [4.78, 5) is 57.9. The molecule has 2 bridgehead atoms. The number of nitrogens with zero attached hydrogens (tertiary/aromatic N) is 3. The van der Waals surface area contributed by atoms with Gasteiger partial charge in [0.15, 0.2) is 0 Å². The van der Waals surface area contributed by atoms with E-state index in [0.717, 1.165) is 0 Å². The number of ketones is 1. The van der Waals surface area contributed by atoms with Crippen molar-refractivity contribution in [3.8, 4) is 0 Å². The van der Waals surface area contributed by atoms with Crippen LogP contribution in [-0.4, -0.2) is 88.9 Å². The van der Waals surface area contributed by atoms with Crippen LogP contribution in [0.1, 0.15) is 32.1 Å². The molecule has 0 aliphatic carbocycles. The van der Waals surface area contributed by atoms with E-state index in [1.54, 1.807) is 33.8 Å². The number of furan rings is 1. The molecule has 35 heavy (non-hydrogen) atoms. The Labute approximate surface area is 202 Å². The number of hydrogen-bond donors (Lipinski definition) is 0. The molecule has 3 amide bonds. The summed E-state index contributed by atoms with van der Waals surface area (Å²) in [5.74, 6) is -1.45. The molecule has 1 aromatic rings. The maximum absolute atomic E-state index is 14.0. The van der Waals surface area contributed by atoms with Crippen LogP contribution in [0.15, 0.2) is 35.0 Å². The Hall–Kier alpha value is -3.14. The highest BCUT2D eigenvalue weighted by molar-refractivity contribution is 5.96. The fourth-order valence-electron chi connectivity index (χ4n) is 6.78. The van der Waals surface area contributed by atoms with Gasteiger partial charge < -0.3 is 28.6 Å². The summed E-state index contributed by atoms with van der Waals surface area (Å²) in [6, 6.07) is 2.53. The molecule has 4 saturated heterocycles. The van der Waals surface area contributed by atoms with E-state index in [-0.39, 0.29) is 30.1 Å². The number of piperidine rings is 1. The summed E-state index contributed by atoms with van der Waals surface area (Å²) in [5.41, 5.74) is -1.00. The van der Waals surface area contributed by atoms with Crippen molar-refractivity contribution in [2.45, 2.75) is 44.1 Å². The van der Waals surface area contributed by atoms with E-state index in [0.29, 0.717) is 38.5 Å². The van der Waals surface area contributed by atoms with Gasteiger partial charge in [-0.15, -0.1) is 0 Å². The van der Waals surface area contributed by atoms with Crippen molar-refractivity contribution in [1.82, 2.24) is 14.7 Å². The Kier molecular flexibility index (Phi) is 5.07. The zero-order chi connectivity index (χ0) is 24.5. The highest BCUT2D eigenvalue weighted by atomic mass is 16.6. The van der Waals surface area contributed by atoms with Gasteiger partial charge in [-0.25, -0.2) is 4.79 Å². The fraction of sp³-hybridized carbons (Fsp3) is 0.600. The van der Waals surface area contributed by atoms with Crippen molar-refractivity contribution >= 4 is 23.7 Å². The number of fused-ring (bicyclic) bond motifs is 2. The van der Waals surface area contributed by atoms with E-state index < -0.39 is 41.5 Å². The molecule has 0 aromatic carbocycles. The summed E-state index contributed by atoms with van der Waals surface area (Å²) in [5, 5.41) is 0. The average Bonchev–Trinajstić information content (AvgIpc) is 3.64. The first-order valence-corrected chi connectivity index (χ1v) is 12.3. The van der Waals surface area contributed by atoms with Gasteiger partial charge in [-0.1, -0.05) is 19.1 Å². The molecule has 5 aliphatic rings. The monoisotopic (exact) mass is 483 g/mol. The number of rotatable bonds is 3. The van der Waals surface area contributed by atoms with Gasteiger partial charge >= 0.3 is 6.09 Å². The summed E-state index contributed by atoms with van der Waals surface area (Å²) < 4.78 is 17.1. The van der Waals surface area contributed by atoms with Crippen molar-refractivity contribution in [1.29, 1.82) is 0 Å². The van der Waals surface area contributed by atoms with Crippen LogP contribution in [0.5, 0.6) is 0 Å². The SMILES string of the molecule is CCOC(=O)N1CCN(C(=O)[C@@H]2[C@@H]3C=C[C@]4(O3)[C@@H]2C(=O)N2[C@@H](c3ccco3)CC(=O)[C@H](C)[C@@H]24)CC1. The van der Waals surface area contributed by atoms with E-state index in [9.17, 15) is 19.2 Å². The van der Waals surface area contributed by atoms with Crippen molar-refractivity contribution in [2.24, 2.45) is 17.8 Å². The average molecular weight is 484 g/mol. The second kappa shape index (κ2) is 7.94. The van der Waals surface area contributed by atoms with Gasteiger partial charge in [0.05, 0.1) is 42.9 Å². The van der Waals surface area contributed by atoms with Gasteiger partial charge in [0.1, 0.15) is 17.1 Å². The Morgan fingerprint density at radius 2 is 1.91 bits per heavy atom. The quantitative estimate of drug-likeness (QED) is 0.598. The van der Waals surface area contributed by atoms with E-state index in [2.05, 4.69) is 0 Å². The molecule has 0 saturated carbocycles. The maximum Gasteiger partial charge on any atom is 0.409 e. The second-order valence-electron chi connectivity index (χ2n) is 9.99. The number of carbonyl (C=O) groups excluding carboxylic acids is 4. The van der Waals surface area contributed by atoms with E-state index in [1.165, 1.54) is 6.26 Å². The van der Waals surface area contributed by atoms with Crippen LogP contribution >= 0.6 is 0 Å². The van der Waals surface area contributed by atoms with E-state index in [1.807, 2.05) is 19.1 Å². The molecule has 5 aliphatic heterocycles. The van der Waals surface area contributed by atoms with Crippen molar-refractivity contribution < 1.29 is 33.1 Å². The van der Waals surface area contributed by atoms with Crippen LogP contribution in [-0.2, 0) is 23.9 Å². The number of amides is 3. The van der Waals surface area contributed by atoms with Crippen molar-refractivity contribution in [2.75, 3.05) is 32.8 Å². The lowest BCUT2D eigenvalue weighted by atomic mass is 9.70. The third-order valence-corrected chi connectivity index (χ3v) is 8.35. The Morgan fingerprint density at radius 3 is 2.60 bits per heavy atom. The van der Waals surface area contributed by atoms with Gasteiger partial charge in [-0.05, 0) is 19.1 Å². The number of Topliss-reactive ketones (excluding diaryl/α,β-unsaturated/α-hetero) is 1. The minimum Gasteiger partial charge on any atom is -0.467 e. The van der Waals surface area contributed by atoms with Crippen LogP contribution in [0.3, 0.4) is 0 Å². The zero-order valence-electron chi connectivity index (χ0n) is 19.8. The lowest BCUT2D eigenvalue weighted by molar-refractivity contribution is -0.150. The summed E-state index contributed by atoms with van der Waals surface area (Å²) in [7, 11) is 0. The standard InChI is InChI=1S/C25H29N3O7/c1-3-33-24(32)27-10-8-26(9-11-27)22(30)19-18-6-7-25(35-18)20(19)23(31)28-15(17-5-4-12-34-17)13-16(29)14(2)21(25)28/h4-7,12,14-15,18-21H,3,8-11,13H2,1-2H3/t14-,15+,18-,19+,20-,21+,25-/m0/s1. The van der Waals surface area contributed by atoms with Crippen LogP contribution in [0.4, 0.5) is 4.79 Å². The predicted octanol–water partition coefficient (Wildman–Crippen LogP) is 1.38. The normalized spacial score (nSPS) is 37.6. The molecular formula is C25H29N3O7.